The van der Waals surface area contributed by atoms with Crippen molar-refractivity contribution in [3.8, 4) is 11.5 Å². The Bertz CT molecular complexity index is 762. The average molecular weight is 358 g/mol. The highest BCUT2D eigenvalue weighted by Crippen LogP contribution is 2.27. The Balaban J connectivity index is 2.09. The van der Waals surface area contributed by atoms with Crippen molar-refractivity contribution in [2.75, 3.05) is 26.1 Å². The van der Waals surface area contributed by atoms with Gasteiger partial charge in [-0.05, 0) is 36.6 Å². The van der Waals surface area contributed by atoms with Crippen LogP contribution in [-0.4, -0.2) is 36.6 Å². The minimum atomic E-state index is -0.196. The molecule has 0 aliphatic carbocycles. The Labute approximate surface area is 154 Å². The van der Waals surface area contributed by atoms with Crippen molar-refractivity contribution >= 4 is 11.9 Å². The Morgan fingerprint density at radius 3 is 2.50 bits per heavy atom. The van der Waals surface area contributed by atoms with Gasteiger partial charge in [0.25, 0.3) is 5.91 Å². The van der Waals surface area contributed by atoms with Gasteiger partial charge in [0, 0.05) is 18.8 Å². The molecule has 0 saturated heterocycles. The van der Waals surface area contributed by atoms with E-state index in [1.807, 2.05) is 39.0 Å². The number of hydrogen-bond donors (Lipinski definition) is 2. The molecule has 0 saturated carbocycles. The maximum atomic E-state index is 12.2. The van der Waals surface area contributed by atoms with Gasteiger partial charge in [-0.15, -0.1) is 0 Å². The monoisotopic (exact) mass is 358 g/mol. The number of benzene rings is 1. The molecule has 0 fully saturated rings. The summed E-state index contributed by atoms with van der Waals surface area (Å²) < 4.78 is 10.5. The van der Waals surface area contributed by atoms with Crippen molar-refractivity contribution in [3.63, 3.8) is 0 Å². The Hall–Kier alpha value is -2.83. The number of carbonyl (C=O) groups is 1. The molecule has 26 heavy (non-hydrogen) atoms. The molecule has 7 nitrogen and oxygen atoms in total. The van der Waals surface area contributed by atoms with Gasteiger partial charge in [-0.1, -0.05) is 19.9 Å². The van der Waals surface area contributed by atoms with Crippen LogP contribution in [0.3, 0.4) is 0 Å². The van der Waals surface area contributed by atoms with E-state index >= 15 is 0 Å². The van der Waals surface area contributed by atoms with Crippen LogP contribution in [0.2, 0.25) is 0 Å². The molecule has 0 aliphatic heterocycles. The van der Waals surface area contributed by atoms with Crippen molar-refractivity contribution in [2.45, 2.75) is 27.3 Å². The molecule has 1 amide bonds. The molecule has 0 bridgehead atoms. The van der Waals surface area contributed by atoms with E-state index in [-0.39, 0.29) is 5.91 Å². The molecule has 2 rings (SSSR count). The molecule has 1 heterocycles. The lowest BCUT2D eigenvalue weighted by atomic mass is 10.2. The Kier molecular flexibility index (Phi) is 6.77. The third kappa shape index (κ3) is 5.34. The summed E-state index contributed by atoms with van der Waals surface area (Å²) >= 11 is 0. The third-order valence-corrected chi connectivity index (χ3v) is 3.66. The van der Waals surface area contributed by atoms with Crippen LogP contribution in [0.1, 0.15) is 35.6 Å². The van der Waals surface area contributed by atoms with Crippen LogP contribution in [0.5, 0.6) is 11.5 Å². The summed E-state index contributed by atoms with van der Waals surface area (Å²) in [5.41, 5.74) is 2.07. The molecule has 0 atom stereocenters. The van der Waals surface area contributed by atoms with Gasteiger partial charge in [-0.2, -0.15) is 0 Å². The minimum absolute atomic E-state index is 0.196. The lowest BCUT2D eigenvalue weighted by molar-refractivity contribution is 0.0944. The zero-order chi connectivity index (χ0) is 19.1. The number of anilines is 1. The molecule has 1 aromatic carbocycles. The van der Waals surface area contributed by atoms with Crippen LogP contribution < -0.4 is 20.1 Å². The fraction of sp³-hybridized carbons (Fsp3) is 0.421. The summed E-state index contributed by atoms with van der Waals surface area (Å²) in [4.78, 5) is 20.9. The second-order valence-electron chi connectivity index (χ2n) is 6.36. The lowest BCUT2D eigenvalue weighted by Crippen LogP contribution is -2.28. The molecular formula is C19H26N4O3. The third-order valence-electron chi connectivity index (χ3n) is 3.66. The number of methoxy groups -OCH3 is 2. The van der Waals surface area contributed by atoms with Crippen molar-refractivity contribution in [1.82, 2.24) is 15.3 Å². The van der Waals surface area contributed by atoms with Crippen LogP contribution in [0, 0.1) is 12.8 Å². The zero-order valence-electron chi connectivity index (χ0n) is 15.9. The number of rotatable bonds is 8. The Morgan fingerprint density at radius 1 is 1.12 bits per heavy atom. The number of aryl methyl sites for hydroxylation is 1. The number of aromatic nitrogens is 2. The fourth-order valence-corrected chi connectivity index (χ4v) is 2.32. The summed E-state index contributed by atoms with van der Waals surface area (Å²) in [6, 6.07) is 7.34. The molecule has 2 aromatic rings. The Morgan fingerprint density at radius 2 is 1.85 bits per heavy atom. The summed E-state index contributed by atoms with van der Waals surface area (Å²) in [6.45, 7) is 7.03. The van der Waals surface area contributed by atoms with Crippen molar-refractivity contribution in [2.24, 2.45) is 5.92 Å². The van der Waals surface area contributed by atoms with E-state index in [4.69, 9.17) is 9.47 Å². The van der Waals surface area contributed by atoms with Crippen LogP contribution >= 0.6 is 0 Å². The molecule has 2 N–H and O–H groups in total. The van der Waals surface area contributed by atoms with Gasteiger partial charge in [-0.25, -0.2) is 9.97 Å². The molecule has 0 radical (unpaired) electrons. The number of amides is 1. The van der Waals surface area contributed by atoms with E-state index in [2.05, 4.69) is 20.6 Å². The standard InChI is InChI=1S/C19H26N4O3/c1-12(2)10-20-18(24)15-8-13(3)22-19(23-15)21-11-14-6-7-16(25-4)17(9-14)26-5/h6-9,12H,10-11H2,1-5H3,(H,20,24)(H,21,22,23). The van der Waals surface area contributed by atoms with Gasteiger partial charge in [0.05, 0.1) is 14.2 Å². The summed E-state index contributed by atoms with van der Waals surface area (Å²) in [5, 5.41) is 6.02. The lowest BCUT2D eigenvalue weighted by Gasteiger charge is -2.12. The first-order valence-electron chi connectivity index (χ1n) is 8.51. The number of ether oxygens (including phenoxy) is 2. The minimum Gasteiger partial charge on any atom is -0.493 e. The first kappa shape index (κ1) is 19.5. The predicted octanol–water partition coefficient (Wildman–Crippen LogP) is 2.80. The van der Waals surface area contributed by atoms with Crippen molar-refractivity contribution in [1.29, 1.82) is 0 Å². The van der Waals surface area contributed by atoms with E-state index in [9.17, 15) is 4.79 Å². The number of hydrogen-bond acceptors (Lipinski definition) is 6. The van der Waals surface area contributed by atoms with E-state index in [0.29, 0.717) is 42.1 Å². The summed E-state index contributed by atoms with van der Waals surface area (Å²) in [6.07, 6.45) is 0. The quantitative estimate of drug-likeness (QED) is 0.755. The van der Waals surface area contributed by atoms with Crippen LogP contribution in [0.4, 0.5) is 5.95 Å². The van der Waals surface area contributed by atoms with Gasteiger partial charge in [-0.3, -0.25) is 4.79 Å². The second kappa shape index (κ2) is 9.03. The van der Waals surface area contributed by atoms with Crippen LogP contribution in [0.25, 0.3) is 0 Å². The van der Waals surface area contributed by atoms with Gasteiger partial charge in [0.15, 0.2) is 11.5 Å². The average Bonchev–Trinajstić information content (AvgIpc) is 2.63. The maximum absolute atomic E-state index is 12.2. The number of nitrogens with zero attached hydrogens (tertiary/aromatic N) is 2. The molecule has 140 valence electrons. The predicted molar refractivity (Wildman–Crippen MR) is 101 cm³/mol. The summed E-state index contributed by atoms with van der Waals surface area (Å²) in [7, 11) is 3.20. The molecule has 1 aromatic heterocycles. The maximum Gasteiger partial charge on any atom is 0.270 e. The van der Waals surface area contributed by atoms with Crippen molar-refractivity contribution in [3.05, 3.63) is 41.2 Å². The van der Waals surface area contributed by atoms with E-state index in [0.717, 1.165) is 11.3 Å². The highest BCUT2D eigenvalue weighted by atomic mass is 16.5. The normalized spacial score (nSPS) is 10.5. The van der Waals surface area contributed by atoms with Gasteiger partial charge in [0.2, 0.25) is 5.95 Å². The SMILES string of the molecule is COc1ccc(CNc2nc(C)cc(C(=O)NCC(C)C)n2)cc1OC. The molecule has 0 spiro atoms. The highest BCUT2D eigenvalue weighted by Gasteiger charge is 2.11. The molecule has 0 aliphatic rings. The summed E-state index contributed by atoms with van der Waals surface area (Å²) in [5.74, 6) is 1.93. The van der Waals surface area contributed by atoms with Gasteiger partial charge < -0.3 is 20.1 Å². The largest absolute Gasteiger partial charge is 0.493 e. The van der Waals surface area contributed by atoms with Gasteiger partial charge in [0.1, 0.15) is 5.69 Å². The van der Waals surface area contributed by atoms with Gasteiger partial charge >= 0.3 is 0 Å². The van der Waals surface area contributed by atoms with E-state index < -0.39 is 0 Å². The topological polar surface area (TPSA) is 85.4 Å². The zero-order valence-corrected chi connectivity index (χ0v) is 15.9. The van der Waals surface area contributed by atoms with Crippen LogP contribution in [-0.2, 0) is 6.54 Å². The van der Waals surface area contributed by atoms with Crippen LogP contribution in [0.15, 0.2) is 24.3 Å². The number of carbonyl (C=O) groups excluding carboxylic acids is 1. The smallest absolute Gasteiger partial charge is 0.270 e. The molecule has 7 heteroatoms. The first-order valence-corrected chi connectivity index (χ1v) is 8.51. The van der Waals surface area contributed by atoms with E-state index in [1.54, 1.807) is 20.3 Å². The highest BCUT2D eigenvalue weighted by molar-refractivity contribution is 5.92. The fourth-order valence-electron chi connectivity index (χ4n) is 2.32. The molecular weight excluding hydrogens is 332 g/mol. The number of nitrogens with one attached hydrogen (secondary N) is 2. The second-order valence-corrected chi connectivity index (χ2v) is 6.36. The molecule has 0 unspecified atom stereocenters. The van der Waals surface area contributed by atoms with E-state index in [1.165, 1.54) is 0 Å². The first-order chi connectivity index (χ1) is 12.4. The van der Waals surface area contributed by atoms with Crippen molar-refractivity contribution < 1.29 is 14.3 Å².